The highest BCUT2D eigenvalue weighted by molar-refractivity contribution is 6.28. The van der Waals surface area contributed by atoms with E-state index in [1.165, 1.54) is 5.06 Å². The number of benzene rings is 4. The van der Waals surface area contributed by atoms with Gasteiger partial charge in [-0.25, -0.2) is 0 Å². The number of rotatable bonds is 4. The lowest BCUT2D eigenvalue weighted by atomic mass is 9.75. The number of carbonyl (C=O) groups is 3. The molecule has 8 nitrogen and oxygen atoms in total. The van der Waals surface area contributed by atoms with E-state index >= 15 is 0 Å². The normalized spacial score (nSPS) is 15.7. The maximum Gasteiger partial charge on any atom is 0.292 e. The van der Waals surface area contributed by atoms with Crippen molar-refractivity contribution in [3.8, 4) is 17.0 Å². The Morgan fingerprint density at radius 1 is 0.952 bits per heavy atom. The number of hydroxylamine groups is 1. The fourth-order valence-corrected chi connectivity index (χ4v) is 6.28. The third kappa shape index (κ3) is 3.23. The number of hydrogen-bond acceptors (Lipinski definition) is 6. The minimum absolute atomic E-state index is 0.243. The maximum atomic E-state index is 13.8. The Kier molecular flexibility index (Phi) is 5.08. The molecule has 1 atom stereocenters. The molecule has 202 valence electrons. The first-order valence-electron chi connectivity index (χ1n) is 13.5. The first-order valence-corrected chi connectivity index (χ1v) is 13.5. The van der Waals surface area contributed by atoms with Gasteiger partial charge in [0.25, 0.3) is 11.8 Å². The number of nitrogens with zero attached hydrogens (tertiary/aromatic N) is 3. The van der Waals surface area contributed by atoms with Crippen LogP contribution in [0.15, 0.2) is 97.3 Å². The van der Waals surface area contributed by atoms with Gasteiger partial charge in [-0.1, -0.05) is 54.6 Å². The number of pyridine rings is 1. The van der Waals surface area contributed by atoms with E-state index in [4.69, 9.17) is 9.82 Å². The van der Waals surface area contributed by atoms with Crippen molar-refractivity contribution in [1.29, 1.82) is 0 Å². The largest absolute Gasteiger partial charge is 0.379 e. The zero-order chi connectivity index (χ0) is 28.5. The average Bonchev–Trinajstić information content (AvgIpc) is 3.05. The lowest BCUT2D eigenvalue weighted by Gasteiger charge is -2.36. The van der Waals surface area contributed by atoms with Crippen LogP contribution in [0.1, 0.15) is 43.4 Å². The predicted molar refractivity (Wildman–Crippen MR) is 159 cm³/mol. The molecule has 1 unspecified atom stereocenters. The number of likely N-dealkylation sites (N-methyl/N-ethyl adjacent to an activating group) is 1. The van der Waals surface area contributed by atoms with Crippen LogP contribution in [0.2, 0.25) is 0 Å². The molecule has 2 aliphatic heterocycles. The Hall–Kier alpha value is -5.76. The number of anilines is 2. The Balaban J connectivity index is 1.31. The molecular formula is C34H22N4O4. The molecule has 0 fully saturated rings. The molecule has 2 amide bonds. The maximum absolute atomic E-state index is 13.8. The number of carbonyl (C=O) groups excluding carboxylic acids is 3. The van der Waals surface area contributed by atoms with Gasteiger partial charge in [-0.2, -0.15) is 0 Å². The average molecular weight is 551 g/mol. The van der Waals surface area contributed by atoms with Gasteiger partial charge in [0.2, 0.25) is 0 Å². The Morgan fingerprint density at radius 3 is 2.45 bits per heavy atom. The zero-order valence-corrected chi connectivity index (χ0v) is 22.4. The topological polar surface area (TPSA) is 91.8 Å². The van der Waals surface area contributed by atoms with E-state index in [1.54, 1.807) is 30.4 Å². The van der Waals surface area contributed by atoms with Crippen LogP contribution in [0.4, 0.5) is 11.4 Å². The molecule has 0 saturated carbocycles. The molecule has 0 radical (unpaired) electrons. The van der Waals surface area contributed by atoms with E-state index in [9.17, 15) is 14.4 Å². The highest BCUT2D eigenvalue weighted by atomic mass is 16.7. The molecule has 4 aromatic carbocycles. The van der Waals surface area contributed by atoms with Gasteiger partial charge in [0.05, 0.1) is 34.8 Å². The number of hydrogen-bond donors (Lipinski definition) is 1. The molecule has 0 spiro atoms. The molecule has 8 rings (SSSR count). The van der Waals surface area contributed by atoms with Crippen LogP contribution in [0, 0.1) is 0 Å². The smallest absolute Gasteiger partial charge is 0.292 e. The Labute approximate surface area is 240 Å². The molecule has 42 heavy (non-hydrogen) atoms. The van der Waals surface area contributed by atoms with Crippen molar-refractivity contribution >= 4 is 45.8 Å². The number of fused-ring (bicyclic) bond motifs is 2. The van der Waals surface area contributed by atoms with E-state index in [0.29, 0.717) is 44.8 Å². The lowest BCUT2D eigenvalue weighted by molar-refractivity contribution is -0.113. The van der Waals surface area contributed by atoms with Gasteiger partial charge in [0.1, 0.15) is 0 Å². The van der Waals surface area contributed by atoms with Crippen LogP contribution >= 0.6 is 0 Å². The predicted octanol–water partition coefficient (Wildman–Crippen LogP) is 5.68. The first kappa shape index (κ1) is 24.1. The molecule has 0 saturated heterocycles. The highest BCUT2D eigenvalue weighted by Crippen LogP contribution is 2.51. The van der Waals surface area contributed by atoms with Gasteiger partial charge in [0.15, 0.2) is 12.0 Å². The van der Waals surface area contributed by atoms with Crippen molar-refractivity contribution in [2.75, 3.05) is 17.0 Å². The third-order valence-corrected chi connectivity index (χ3v) is 8.23. The van der Waals surface area contributed by atoms with Crippen molar-refractivity contribution in [1.82, 2.24) is 10.3 Å². The molecule has 1 aromatic heterocycles. The van der Waals surface area contributed by atoms with Gasteiger partial charge in [-0.3, -0.25) is 19.4 Å². The van der Waals surface area contributed by atoms with Crippen molar-refractivity contribution in [2.24, 2.45) is 0 Å². The summed E-state index contributed by atoms with van der Waals surface area (Å²) < 4.78 is 0. The summed E-state index contributed by atoms with van der Waals surface area (Å²) in [4.78, 5) is 52.3. The van der Waals surface area contributed by atoms with Crippen molar-refractivity contribution < 1.29 is 19.2 Å². The number of nitrogens with one attached hydrogen (secondary N) is 1. The quantitative estimate of drug-likeness (QED) is 0.290. The van der Waals surface area contributed by atoms with Crippen LogP contribution in [0.3, 0.4) is 0 Å². The Morgan fingerprint density at radius 2 is 1.69 bits per heavy atom. The van der Waals surface area contributed by atoms with Gasteiger partial charge in [-0.15, -0.1) is 5.06 Å². The molecule has 5 aromatic rings. The number of aromatic nitrogens is 1. The van der Waals surface area contributed by atoms with Crippen LogP contribution < -0.4 is 20.1 Å². The monoisotopic (exact) mass is 550 g/mol. The van der Waals surface area contributed by atoms with Crippen LogP contribution in [0.25, 0.3) is 27.6 Å². The van der Waals surface area contributed by atoms with Crippen LogP contribution in [-0.2, 0) is 4.79 Å². The number of aldehydes is 1. The second-order valence-electron chi connectivity index (χ2n) is 10.4. The van der Waals surface area contributed by atoms with Crippen LogP contribution in [-0.4, -0.2) is 30.1 Å². The number of amides is 2. The van der Waals surface area contributed by atoms with E-state index in [0.717, 1.165) is 34.1 Å². The van der Waals surface area contributed by atoms with Gasteiger partial charge >= 0.3 is 0 Å². The second kappa shape index (κ2) is 8.87. The summed E-state index contributed by atoms with van der Waals surface area (Å²) in [5, 5.41) is 6.23. The van der Waals surface area contributed by atoms with Crippen LogP contribution in [0.5, 0.6) is 5.75 Å². The highest BCUT2D eigenvalue weighted by Gasteiger charge is 2.39. The number of para-hydroxylation sites is 2. The molecule has 8 heteroatoms. The van der Waals surface area contributed by atoms with E-state index in [2.05, 4.69) is 5.32 Å². The van der Waals surface area contributed by atoms with Crippen molar-refractivity contribution in [2.45, 2.75) is 6.04 Å². The standard InChI is InChI=1S/C34H22N4O4/c1-37(20-8-4-2-5-9-20)33(40)25-16-35-31-23-14-15-24-28-26(42-38(34(24)41)21-10-6-3-7-11-21)17-36-32(30(23)28)22-13-12-19(18-39)27(25)29(22)31/h2-18,31,35H,1H3. The minimum Gasteiger partial charge on any atom is -0.379 e. The SMILES string of the molecule is CN(C(=O)C1=CNC2c3c(ccc(C=O)c31)-c1ncc3c4c(ccc2c14)C(=O)N(c1ccccc1)O3)c1ccccc1. The second-order valence-corrected chi connectivity index (χ2v) is 10.4. The zero-order valence-electron chi connectivity index (χ0n) is 22.4. The molecule has 3 heterocycles. The van der Waals surface area contributed by atoms with Gasteiger partial charge < -0.3 is 15.1 Å². The molecule has 3 aliphatic rings. The van der Waals surface area contributed by atoms with Crippen molar-refractivity contribution in [3.63, 3.8) is 0 Å². The first-order chi connectivity index (χ1) is 20.6. The molecular weight excluding hydrogens is 528 g/mol. The van der Waals surface area contributed by atoms with E-state index in [-0.39, 0.29) is 17.9 Å². The molecule has 0 bridgehead atoms. The fraction of sp³-hybridized carbons (Fsp3) is 0.0588. The van der Waals surface area contributed by atoms with E-state index in [1.807, 2.05) is 78.9 Å². The lowest BCUT2D eigenvalue weighted by Crippen LogP contribution is -2.38. The summed E-state index contributed by atoms with van der Waals surface area (Å²) in [6, 6.07) is 25.5. The molecule has 1 aliphatic carbocycles. The summed E-state index contributed by atoms with van der Waals surface area (Å²) in [6.45, 7) is 0. The fourth-order valence-electron chi connectivity index (χ4n) is 6.28. The summed E-state index contributed by atoms with van der Waals surface area (Å²) in [5.41, 5.74) is 6.44. The Bertz CT molecular complexity index is 2020. The third-order valence-electron chi connectivity index (χ3n) is 8.23. The summed E-state index contributed by atoms with van der Waals surface area (Å²) in [5.74, 6) is -0.0323. The minimum atomic E-state index is -0.366. The summed E-state index contributed by atoms with van der Waals surface area (Å²) in [6.07, 6.45) is 4.11. The van der Waals surface area contributed by atoms with Gasteiger partial charge in [-0.05, 0) is 41.5 Å². The summed E-state index contributed by atoms with van der Waals surface area (Å²) >= 11 is 0. The van der Waals surface area contributed by atoms with E-state index < -0.39 is 0 Å². The van der Waals surface area contributed by atoms with Gasteiger partial charge in [0, 0.05) is 46.4 Å². The van der Waals surface area contributed by atoms with Crippen molar-refractivity contribution in [3.05, 3.63) is 125 Å². The molecule has 1 N–H and O–H groups in total. The summed E-state index contributed by atoms with van der Waals surface area (Å²) in [7, 11) is 1.72.